The predicted octanol–water partition coefficient (Wildman–Crippen LogP) is 5.14. The molecule has 1 saturated carbocycles. The van der Waals surface area contributed by atoms with Crippen LogP contribution in [0.25, 0.3) is 0 Å². The van der Waals surface area contributed by atoms with Gasteiger partial charge in [-0.15, -0.1) is 0 Å². The van der Waals surface area contributed by atoms with E-state index >= 15 is 0 Å². The van der Waals surface area contributed by atoms with Gasteiger partial charge < -0.3 is 0 Å². The van der Waals surface area contributed by atoms with Gasteiger partial charge in [0.15, 0.2) is 5.69 Å². The normalized spacial score (nSPS) is 15.0. The van der Waals surface area contributed by atoms with Gasteiger partial charge in [0.2, 0.25) is 10.0 Å². The van der Waals surface area contributed by atoms with Gasteiger partial charge in [0.05, 0.1) is 15.6 Å². The number of aromatic nitrogens is 2. The SMILES string of the molecule is CCCCc1ccc(S(=O)(=O)NCCCn2nc(C(F)(F)F)c(Cl)c2C2CC2)cc1. The van der Waals surface area contributed by atoms with Crippen LogP contribution in [-0.4, -0.2) is 24.7 Å². The lowest BCUT2D eigenvalue weighted by Crippen LogP contribution is -2.26. The molecule has 0 amide bonds. The number of halogens is 4. The summed E-state index contributed by atoms with van der Waals surface area (Å²) in [4.78, 5) is 0.169. The number of hydrogen-bond donors (Lipinski definition) is 1. The van der Waals surface area contributed by atoms with Crippen molar-refractivity contribution in [3.05, 3.63) is 46.2 Å². The van der Waals surface area contributed by atoms with Gasteiger partial charge in [-0.05, 0) is 49.8 Å². The maximum Gasteiger partial charge on any atom is 0.436 e. The van der Waals surface area contributed by atoms with Crippen LogP contribution in [0, 0.1) is 0 Å². The highest BCUT2D eigenvalue weighted by Crippen LogP contribution is 2.46. The molecule has 0 atom stereocenters. The van der Waals surface area contributed by atoms with Gasteiger partial charge in [0.25, 0.3) is 0 Å². The molecule has 0 radical (unpaired) electrons. The molecule has 1 aliphatic rings. The summed E-state index contributed by atoms with van der Waals surface area (Å²) in [5, 5.41) is 3.31. The van der Waals surface area contributed by atoms with E-state index in [1.807, 2.05) is 0 Å². The van der Waals surface area contributed by atoms with Crippen LogP contribution in [0.1, 0.15) is 61.9 Å². The minimum atomic E-state index is -4.61. The Hall–Kier alpha value is -1.58. The van der Waals surface area contributed by atoms with E-state index in [-0.39, 0.29) is 28.9 Å². The fourth-order valence-electron chi connectivity index (χ4n) is 3.29. The van der Waals surface area contributed by atoms with Gasteiger partial charge in [-0.3, -0.25) is 4.68 Å². The topological polar surface area (TPSA) is 64.0 Å². The summed E-state index contributed by atoms with van der Waals surface area (Å²) in [6, 6.07) is 6.75. The third kappa shape index (κ3) is 5.56. The Balaban J connectivity index is 1.59. The number of alkyl halides is 3. The molecule has 1 fully saturated rings. The van der Waals surface area contributed by atoms with Gasteiger partial charge in [-0.25, -0.2) is 13.1 Å². The molecule has 0 unspecified atom stereocenters. The molecular weight excluding hydrogens is 439 g/mol. The van der Waals surface area contributed by atoms with Crippen molar-refractivity contribution >= 4 is 21.6 Å². The molecule has 0 saturated heterocycles. The van der Waals surface area contributed by atoms with Crippen LogP contribution in [0.15, 0.2) is 29.2 Å². The first-order valence-electron chi connectivity index (χ1n) is 10.1. The van der Waals surface area contributed by atoms with Crippen molar-refractivity contribution < 1.29 is 21.6 Å². The van der Waals surface area contributed by atoms with E-state index in [2.05, 4.69) is 16.7 Å². The van der Waals surface area contributed by atoms with E-state index in [4.69, 9.17) is 11.6 Å². The van der Waals surface area contributed by atoms with Crippen LogP contribution in [0.3, 0.4) is 0 Å². The van der Waals surface area contributed by atoms with Crippen molar-refractivity contribution in [3.8, 4) is 0 Å². The van der Waals surface area contributed by atoms with E-state index in [1.165, 1.54) is 4.68 Å². The maximum absolute atomic E-state index is 13.1. The zero-order valence-electron chi connectivity index (χ0n) is 16.7. The smallest absolute Gasteiger partial charge is 0.267 e. The molecule has 1 aromatic heterocycles. The average Bonchev–Trinajstić information content (AvgIpc) is 3.46. The van der Waals surface area contributed by atoms with Crippen molar-refractivity contribution in [3.63, 3.8) is 0 Å². The zero-order valence-corrected chi connectivity index (χ0v) is 18.2. The maximum atomic E-state index is 13.1. The number of nitrogens with zero attached hydrogens (tertiary/aromatic N) is 2. The van der Waals surface area contributed by atoms with E-state index in [0.29, 0.717) is 12.1 Å². The number of rotatable bonds is 10. The minimum Gasteiger partial charge on any atom is -0.267 e. The molecule has 0 aliphatic heterocycles. The summed E-state index contributed by atoms with van der Waals surface area (Å²) < 4.78 is 68.0. The molecule has 3 rings (SSSR count). The van der Waals surface area contributed by atoms with Crippen molar-refractivity contribution in [1.29, 1.82) is 0 Å². The highest BCUT2D eigenvalue weighted by Gasteiger charge is 2.41. The molecule has 0 bridgehead atoms. The third-order valence-corrected chi connectivity index (χ3v) is 6.91. The highest BCUT2D eigenvalue weighted by molar-refractivity contribution is 7.89. The zero-order chi connectivity index (χ0) is 21.9. The van der Waals surface area contributed by atoms with Crippen LogP contribution < -0.4 is 4.72 Å². The summed E-state index contributed by atoms with van der Waals surface area (Å²) in [6.45, 7) is 2.33. The number of aryl methyl sites for hydroxylation is 2. The largest absolute Gasteiger partial charge is 0.436 e. The highest BCUT2D eigenvalue weighted by atomic mass is 35.5. The molecule has 1 N–H and O–H groups in total. The Labute approximate surface area is 179 Å². The van der Waals surface area contributed by atoms with E-state index in [1.54, 1.807) is 24.3 Å². The average molecular weight is 464 g/mol. The summed E-state index contributed by atoms with van der Waals surface area (Å²) in [6.07, 6.45) is 0.253. The molecule has 166 valence electrons. The van der Waals surface area contributed by atoms with Crippen molar-refractivity contribution in [2.75, 3.05) is 6.54 Å². The van der Waals surface area contributed by atoms with Gasteiger partial charge in [0.1, 0.15) is 0 Å². The summed E-state index contributed by atoms with van der Waals surface area (Å²) in [5.74, 6) is -0.0102. The Morgan fingerprint density at radius 2 is 1.87 bits per heavy atom. The summed E-state index contributed by atoms with van der Waals surface area (Å²) >= 11 is 5.94. The molecule has 1 heterocycles. The summed E-state index contributed by atoms with van der Waals surface area (Å²) in [5.41, 5.74) is 0.406. The number of hydrogen-bond acceptors (Lipinski definition) is 3. The number of unbranched alkanes of at least 4 members (excludes halogenated alkanes) is 1. The van der Waals surface area contributed by atoms with Gasteiger partial charge in [0, 0.05) is 19.0 Å². The Kier molecular flexibility index (Phi) is 7.14. The fraction of sp³-hybridized carbons (Fsp3) is 0.550. The molecule has 1 aliphatic carbocycles. The third-order valence-electron chi connectivity index (χ3n) is 5.06. The van der Waals surface area contributed by atoms with Crippen molar-refractivity contribution in [2.45, 2.75) is 69.0 Å². The first-order chi connectivity index (χ1) is 14.1. The molecule has 10 heteroatoms. The van der Waals surface area contributed by atoms with Crippen molar-refractivity contribution in [1.82, 2.24) is 14.5 Å². The molecule has 1 aromatic carbocycles. The molecule has 30 heavy (non-hydrogen) atoms. The molecule has 2 aromatic rings. The number of benzene rings is 1. The Morgan fingerprint density at radius 1 is 1.20 bits per heavy atom. The summed E-state index contributed by atoms with van der Waals surface area (Å²) in [7, 11) is -3.68. The standard InChI is InChI=1S/C20H25ClF3N3O2S/c1-2-3-5-14-6-10-16(11-7-14)30(28,29)25-12-4-13-27-18(15-8-9-15)17(21)19(26-27)20(22,23)24/h6-7,10-11,15,25H,2-5,8-9,12-13H2,1H3. The lowest BCUT2D eigenvalue weighted by molar-refractivity contribution is -0.141. The van der Waals surface area contributed by atoms with Crippen LogP contribution >= 0.6 is 11.6 Å². The van der Waals surface area contributed by atoms with Crippen LogP contribution in [-0.2, 0) is 29.2 Å². The van der Waals surface area contributed by atoms with Crippen LogP contribution in [0.4, 0.5) is 13.2 Å². The lowest BCUT2D eigenvalue weighted by Gasteiger charge is -2.09. The first-order valence-corrected chi connectivity index (χ1v) is 11.9. The van der Waals surface area contributed by atoms with Gasteiger partial charge in [-0.2, -0.15) is 18.3 Å². The number of sulfonamides is 1. The second-order valence-corrected chi connectivity index (χ2v) is 9.69. The molecule has 5 nitrogen and oxygen atoms in total. The second kappa shape index (κ2) is 9.28. The first kappa shape index (κ1) is 23.1. The second-order valence-electron chi connectivity index (χ2n) is 7.54. The van der Waals surface area contributed by atoms with E-state index in [0.717, 1.165) is 37.7 Å². The van der Waals surface area contributed by atoms with Gasteiger partial charge >= 0.3 is 6.18 Å². The van der Waals surface area contributed by atoms with Crippen LogP contribution in [0.5, 0.6) is 0 Å². The lowest BCUT2D eigenvalue weighted by atomic mass is 10.1. The van der Waals surface area contributed by atoms with Crippen LogP contribution in [0.2, 0.25) is 5.02 Å². The van der Waals surface area contributed by atoms with E-state index in [9.17, 15) is 21.6 Å². The van der Waals surface area contributed by atoms with Gasteiger partial charge in [-0.1, -0.05) is 37.1 Å². The minimum absolute atomic E-state index is 0.0102. The predicted molar refractivity (Wildman–Crippen MR) is 109 cm³/mol. The molecule has 0 spiro atoms. The van der Waals surface area contributed by atoms with E-state index < -0.39 is 21.9 Å². The molecular formula is C20H25ClF3N3O2S. The fourth-order valence-corrected chi connectivity index (χ4v) is 4.76. The quantitative estimate of drug-likeness (QED) is 0.496. The van der Waals surface area contributed by atoms with Crippen molar-refractivity contribution in [2.24, 2.45) is 0 Å². The monoisotopic (exact) mass is 463 g/mol. The number of nitrogens with one attached hydrogen (secondary N) is 1. The Bertz CT molecular complexity index is 968. The Morgan fingerprint density at radius 3 is 2.43 bits per heavy atom.